The van der Waals surface area contributed by atoms with Gasteiger partial charge in [0, 0.05) is 11.1 Å². The Hall–Kier alpha value is -2.82. The molecule has 0 radical (unpaired) electrons. The summed E-state index contributed by atoms with van der Waals surface area (Å²) in [5.74, 6) is -0.889. The van der Waals surface area contributed by atoms with Crippen LogP contribution in [0.5, 0.6) is 5.75 Å². The molecular formula is C16H12O5. The van der Waals surface area contributed by atoms with Crippen LogP contribution in [0.4, 0.5) is 0 Å². The summed E-state index contributed by atoms with van der Waals surface area (Å²) in [6, 6.07) is 7.87. The number of rotatable bonds is 2. The lowest BCUT2D eigenvalue weighted by molar-refractivity contribution is 0.0830. The number of fused-ring (bicyclic) bond motifs is 3. The molecular weight excluding hydrogens is 272 g/mol. The Morgan fingerprint density at radius 3 is 2.24 bits per heavy atom. The zero-order valence-corrected chi connectivity index (χ0v) is 11.5. The number of aromatic hydroxyl groups is 1. The number of Topliss-reactive ketones (excluding diaryl/α,β-unsaturated/α-hetero) is 2. The molecule has 0 fully saturated rings. The number of carbonyl (C=O) groups is 2. The summed E-state index contributed by atoms with van der Waals surface area (Å²) in [6.45, 7) is 0. The molecule has 0 amide bonds. The quantitative estimate of drug-likeness (QED) is 0.916. The maximum absolute atomic E-state index is 12.6. The van der Waals surface area contributed by atoms with Crippen LogP contribution in [-0.2, 0) is 9.47 Å². The third-order valence-electron chi connectivity index (χ3n) is 3.50. The first kappa shape index (κ1) is 13.2. The van der Waals surface area contributed by atoms with Crippen LogP contribution < -0.4 is 0 Å². The summed E-state index contributed by atoms with van der Waals surface area (Å²) in [5.41, 5.74) is 0.547. The van der Waals surface area contributed by atoms with Gasteiger partial charge >= 0.3 is 0 Å². The van der Waals surface area contributed by atoms with Gasteiger partial charge in [-0.25, -0.2) is 0 Å². The van der Waals surface area contributed by atoms with E-state index in [-0.39, 0.29) is 34.2 Å². The number of hydrogen-bond acceptors (Lipinski definition) is 5. The van der Waals surface area contributed by atoms with Crippen molar-refractivity contribution in [3.8, 4) is 5.75 Å². The van der Waals surface area contributed by atoms with Gasteiger partial charge in [0.05, 0.1) is 14.2 Å². The minimum absolute atomic E-state index is 0.0897. The molecule has 1 aliphatic carbocycles. The van der Waals surface area contributed by atoms with E-state index in [4.69, 9.17) is 9.47 Å². The van der Waals surface area contributed by atoms with Gasteiger partial charge in [-0.05, 0) is 35.0 Å². The van der Waals surface area contributed by atoms with Crippen LogP contribution in [0, 0.1) is 0 Å². The molecule has 1 N–H and O–H groups in total. The maximum atomic E-state index is 12.6. The molecule has 0 bridgehead atoms. The number of benzene rings is 2. The van der Waals surface area contributed by atoms with E-state index in [1.54, 1.807) is 18.2 Å². The highest BCUT2D eigenvalue weighted by molar-refractivity contribution is 6.29. The molecule has 3 rings (SSSR count). The molecule has 5 nitrogen and oxygen atoms in total. The van der Waals surface area contributed by atoms with Crippen LogP contribution in [0.25, 0.3) is 10.8 Å². The molecule has 1 aliphatic rings. The van der Waals surface area contributed by atoms with Crippen LogP contribution in [0.15, 0.2) is 41.9 Å². The number of phenols is 1. The second-order valence-corrected chi connectivity index (χ2v) is 4.62. The highest BCUT2D eigenvalue weighted by Crippen LogP contribution is 2.33. The van der Waals surface area contributed by atoms with E-state index < -0.39 is 5.78 Å². The van der Waals surface area contributed by atoms with Crippen molar-refractivity contribution in [1.82, 2.24) is 0 Å². The van der Waals surface area contributed by atoms with E-state index in [1.807, 2.05) is 0 Å². The fraction of sp³-hybridized carbons (Fsp3) is 0.125. The van der Waals surface area contributed by atoms with Crippen LogP contribution >= 0.6 is 0 Å². The van der Waals surface area contributed by atoms with Crippen molar-refractivity contribution in [2.24, 2.45) is 0 Å². The van der Waals surface area contributed by atoms with Crippen LogP contribution in [-0.4, -0.2) is 30.9 Å². The van der Waals surface area contributed by atoms with Crippen molar-refractivity contribution in [2.75, 3.05) is 14.2 Å². The highest BCUT2D eigenvalue weighted by atomic mass is 16.5. The Balaban J connectivity index is 2.37. The van der Waals surface area contributed by atoms with E-state index >= 15 is 0 Å². The van der Waals surface area contributed by atoms with Crippen molar-refractivity contribution in [3.05, 3.63) is 53.0 Å². The van der Waals surface area contributed by atoms with Gasteiger partial charge < -0.3 is 14.6 Å². The van der Waals surface area contributed by atoms with Gasteiger partial charge in [0.15, 0.2) is 0 Å². The molecule has 2 aromatic carbocycles. The smallest absolute Gasteiger partial charge is 0.232 e. The van der Waals surface area contributed by atoms with Crippen molar-refractivity contribution in [3.63, 3.8) is 0 Å². The summed E-state index contributed by atoms with van der Waals surface area (Å²) < 4.78 is 10.1. The summed E-state index contributed by atoms with van der Waals surface area (Å²) in [4.78, 5) is 25.0. The number of carbonyl (C=O) groups excluding carboxylic acids is 2. The SMILES string of the molecule is COC1=C(OC)C(=O)c2c(ccc3cc(O)ccc23)C1=O. The van der Waals surface area contributed by atoms with E-state index in [2.05, 4.69) is 0 Å². The van der Waals surface area contributed by atoms with Gasteiger partial charge in [-0.15, -0.1) is 0 Å². The van der Waals surface area contributed by atoms with E-state index in [9.17, 15) is 14.7 Å². The summed E-state index contributed by atoms with van der Waals surface area (Å²) >= 11 is 0. The summed E-state index contributed by atoms with van der Waals surface area (Å²) in [5, 5.41) is 10.8. The van der Waals surface area contributed by atoms with E-state index in [1.165, 1.54) is 26.4 Å². The Bertz CT molecular complexity index is 817. The van der Waals surface area contributed by atoms with Crippen molar-refractivity contribution >= 4 is 22.3 Å². The number of ketones is 2. The topological polar surface area (TPSA) is 72.8 Å². The number of hydrogen-bond donors (Lipinski definition) is 1. The molecule has 0 aromatic heterocycles. The minimum atomic E-state index is -0.403. The van der Waals surface area contributed by atoms with Crippen molar-refractivity contribution in [1.29, 1.82) is 0 Å². The maximum Gasteiger partial charge on any atom is 0.232 e. The van der Waals surface area contributed by atoms with Gasteiger partial charge in [-0.2, -0.15) is 0 Å². The standard InChI is InChI=1S/C16H12O5/c1-20-15-13(18)11-5-3-8-7-9(17)4-6-10(8)12(11)14(19)16(15)21-2/h3-7,17H,1-2H3. The molecule has 5 heteroatoms. The molecule has 0 saturated carbocycles. The zero-order valence-electron chi connectivity index (χ0n) is 11.5. The van der Waals surface area contributed by atoms with Gasteiger partial charge in [0.25, 0.3) is 0 Å². The third kappa shape index (κ3) is 1.78. The molecule has 21 heavy (non-hydrogen) atoms. The first-order valence-corrected chi connectivity index (χ1v) is 6.26. The molecule has 0 unspecified atom stereocenters. The van der Waals surface area contributed by atoms with E-state index in [0.717, 1.165) is 0 Å². The van der Waals surface area contributed by atoms with Gasteiger partial charge in [0.1, 0.15) is 5.75 Å². The second kappa shape index (κ2) is 4.63. The molecule has 0 heterocycles. The number of allylic oxidation sites excluding steroid dienone is 2. The van der Waals surface area contributed by atoms with Crippen LogP contribution in [0.3, 0.4) is 0 Å². The normalized spacial score (nSPS) is 14.4. The number of ether oxygens (including phenoxy) is 2. The summed E-state index contributed by atoms with van der Waals surface area (Å²) in [6.07, 6.45) is 0. The average molecular weight is 284 g/mol. The Morgan fingerprint density at radius 2 is 1.57 bits per heavy atom. The Morgan fingerprint density at radius 1 is 0.905 bits per heavy atom. The lowest BCUT2D eigenvalue weighted by Crippen LogP contribution is -2.24. The van der Waals surface area contributed by atoms with Gasteiger partial charge in [-0.1, -0.05) is 6.07 Å². The zero-order chi connectivity index (χ0) is 15.1. The van der Waals surface area contributed by atoms with Crippen LogP contribution in [0.1, 0.15) is 20.7 Å². The van der Waals surface area contributed by atoms with Gasteiger partial charge in [0.2, 0.25) is 23.1 Å². The molecule has 0 saturated heterocycles. The molecule has 106 valence electrons. The van der Waals surface area contributed by atoms with E-state index in [0.29, 0.717) is 10.8 Å². The summed E-state index contributed by atoms with van der Waals surface area (Å²) in [7, 11) is 2.64. The highest BCUT2D eigenvalue weighted by Gasteiger charge is 2.35. The average Bonchev–Trinajstić information content (AvgIpc) is 2.49. The largest absolute Gasteiger partial charge is 0.508 e. The Labute approximate surface area is 120 Å². The predicted molar refractivity (Wildman–Crippen MR) is 75.3 cm³/mol. The molecule has 2 aromatic rings. The third-order valence-corrected chi connectivity index (χ3v) is 3.50. The monoisotopic (exact) mass is 284 g/mol. The fourth-order valence-electron chi connectivity index (χ4n) is 2.56. The first-order valence-electron chi connectivity index (χ1n) is 6.26. The second-order valence-electron chi connectivity index (χ2n) is 4.62. The molecule has 0 atom stereocenters. The first-order chi connectivity index (χ1) is 10.1. The lowest BCUT2D eigenvalue weighted by atomic mass is 9.88. The minimum Gasteiger partial charge on any atom is -0.508 e. The molecule has 0 spiro atoms. The fourth-order valence-corrected chi connectivity index (χ4v) is 2.56. The number of methoxy groups -OCH3 is 2. The number of phenolic OH excluding ortho intramolecular Hbond substituents is 1. The Kier molecular flexibility index (Phi) is 2.90. The predicted octanol–water partition coefficient (Wildman–Crippen LogP) is 2.43. The lowest BCUT2D eigenvalue weighted by Gasteiger charge is -2.20. The van der Waals surface area contributed by atoms with Crippen LogP contribution in [0.2, 0.25) is 0 Å². The van der Waals surface area contributed by atoms with Crippen molar-refractivity contribution in [2.45, 2.75) is 0 Å². The van der Waals surface area contributed by atoms with Crippen molar-refractivity contribution < 1.29 is 24.2 Å². The molecule has 0 aliphatic heterocycles. The van der Waals surface area contributed by atoms with Gasteiger partial charge in [-0.3, -0.25) is 9.59 Å².